The Morgan fingerprint density at radius 2 is 1.96 bits per heavy atom. The van der Waals surface area contributed by atoms with E-state index in [-0.39, 0.29) is 29.0 Å². The van der Waals surface area contributed by atoms with Crippen LogP contribution >= 0.6 is 11.6 Å². The number of halogens is 1. The number of hydrogen-bond acceptors (Lipinski definition) is 5. The minimum absolute atomic E-state index is 0.0662. The number of carbonyl (C=O) groups excluding carboxylic acids is 1. The smallest absolute Gasteiger partial charge is 0.271 e. The van der Waals surface area contributed by atoms with Crippen LogP contribution in [0.2, 0.25) is 5.02 Å². The first kappa shape index (κ1) is 16.6. The van der Waals surface area contributed by atoms with Gasteiger partial charge in [-0.1, -0.05) is 11.6 Å². The summed E-state index contributed by atoms with van der Waals surface area (Å²) in [6.07, 6.45) is 0. The number of ether oxygens (including phenoxy) is 2. The van der Waals surface area contributed by atoms with E-state index < -0.39 is 4.92 Å². The number of hydrogen-bond donors (Lipinski definition) is 1. The number of nitro benzene ring substituents is 1. The molecule has 0 aromatic heterocycles. The van der Waals surface area contributed by atoms with Gasteiger partial charge in [0.2, 0.25) is 0 Å². The second kappa shape index (κ2) is 7.46. The van der Waals surface area contributed by atoms with Crippen LogP contribution in [-0.2, 0) is 4.79 Å². The number of anilines is 1. The van der Waals surface area contributed by atoms with E-state index in [0.717, 1.165) is 6.07 Å². The van der Waals surface area contributed by atoms with Crippen LogP contribution in [0.3, 0.4) is 0 Å². The summed E-state index contributed by atoms with van der Waals surface area (Å²) < 4.78 is 10.3. The highest BCUT2D eigenvalue weighted by Crippen LogP contribution is 2.28. The van der Waals surface area contributed by atoms with Gasteiger partial charge in [0.1, 0.15) is 11.5 Å². The molecule has 0 saturated carbocycles. The molecule has 1 N–H and O–H groups in total. The molecule has 0 radical (unpaired) electrons. The summed E-state index contributed by atoms with van der Waals surface area (Å²) >= 11 is 5.88. The van der Waals surface area contributed by atoms with Crippen LogP contribution in [0.15, 0.2) is 42.5 Å². The third-order valence-corrected chi connectivity index (χ3v) is 3.15. The van der Waals surface area contributed by atoms with Gasteiger partial charge in [0, 0.05) is 17.8 Å². The molecule has 0 aliphatic rings. The lowest BCUT2D eigenvalue weighted by molar-refractivity contribution is -0.384. The molecule has 0 bridgehead atoms. The zero-order valence-corrected chi connectivity index (χ0v) is 12.9. The zero-order chi connectivity index (χ0) is 16.8. The lowest BCUT2D eigenvalue weighted by Gasteiger charge is -2.09. The number of non-ortho nitro benzene ring substituents is 1. The minimum Gasteiger partial charge on any atom is -0.497 e. The zero-order valence-electron chi connectivity index (χ0n) is 12.1. The molecule has 8 heteroatoms. The molecule has 0 atom stereocenters. The van der Waals surface area contributed by atoms with Gasteiger partial charge in [-0.25, -0.2) is 0 Å². The molecular formula is C15H13ClN2O5. The van der Waals surface area contributed by atoms with Crippen molar-refractivity contribution in [1.29, 1.82) is 0 Å². The highest BCUT2D eigenvalue weighted by Gasteiger charge is 2.11. The van der Waals surface area contributed by atoms with E-state index in [1.165, 1.54) is 12.1 Å². The second-order valence-corrected chi connectivity index (χ2v) is 4.84. The fraction of sp³-hybridized carbons (Fsp3) is 0.133. The molecule has 23 heavy (non-hydrogen) atoms. The van der Waals surface area contributed by atoms with Crippen molar-refractivity contribution in [2.75, 3.05) is 19.0 Å². The first-order chi connectivity index (χ1) is 11.0. The van der Waals surface area contributed by atoms with E-state index >= 15 is 0 Å². The molecule has 0 spiro atoms. The number of rotatable bonds is 6. The van der Waals surface area contributed by atoms with Gasteiger partial charge in [-0.05, 0) is 30.3 Å². The Balaban J connectivity index is 1.92. The van der Waals surface area contributed by atoms with Gasteiger partial charge in [0.25, 0.3) is 11.6 Å². The van der Waals surface area contributed by atoms with Crippen LogP contribution in [0.1, 0.15) is 0 Å². The lowest BCUT2D eigenvalue weighted by Crippen LogP contribution is -2.20. The van der Waals surface area contributed by atoms with Crippen molar-refractivity contribution >= 4 is 28.9 Å². The molecule has 0 unspecified atom stereocenters. The van der Waals surface area contributed by atoms with Gasteiger partial charge in [-0.3, -0.25) is 14.9 Å². The number of carbonyl (C=O) groups is 1. The van der Waals surface area contributed by atoms with Gasteiger partial charge in [0.05, 0.1) is 17.1 Å². The summed E-state index contributed by atoms with van der Waals surface area (Å²) in [5.41, 5.74) is 0.444. The van der Waals surface area contributed by atoms with Gasteiger partial charge >= 0.3 is 0 Å². The molecular weight excluding hydrogens is 324 g/mol. The number of nitrogens with zero attached hydrogens (tertiary/aromatic N) is 1. The summed E-state index contributed by atoms with van der Waals surface area (Å²) in [6.45, 7) is -0.274. The van der Waals surface area contributed by atoms with Crippen molar-refractivity contribution < 1.29 is 19.2 Å². The summed E-state index contributed by atoms with van der Waals surface area (Å²) in [7, 11) is 1.55. The predicted molar refractivity (Wildman–Crippen MR) is 85.2 cm³/mol. The highest BCUT2D eigenvalue weighted by molar-refractivity contribution is 6.32. The van der Waals surface area contributed by atoms with Gasteiger partial charge in [-0.15, -0.1) is 0 Å². The van der Waals surface area contributed by atoms with E-state index in [1.807, 2.05) is 0 Å². The molecule has 120 valence electrons. The second-order valence-electron chi connectivity index (χ2n) is 4.44. The first-order valence-electron chi connectivity index (χ1n) is 6.50. The van der Waals surface area contributed by atoms with Crippen molar-refractivity contribution in [2.24, 2.45) is 0 Å². The molecule has 0 aliphatic carbocycles. The summed E-state index contributed by atoms with van der Waals surface area (Å²) in [5, 5.41) is 13.3. The SMILES string of the molecule is COc1ccc(NC(=O)COc2ccc([N+](=O)[O-])cc2Cl)cc1. The molecule has 2 aromatic rings. The van der Waals surface area contributed by atoms with Crippen LogP contribution in [-0.4, -0.2) is 24.5 Å². The van der Waals surface area contributed by atoms with Crippen molar-refractivity contribution in [1.82, 2.24) is 0 Å². The van der Waals surface area contributed by atoms with Crippen molar-refractivity contribution in [3.8, 4) is 11.5 Å². The molecule has 2 rings (SSSR count). The average molecular weight is 337 g/mol. The molecule has 0 saturated heterocycles. The predicted octanol–water partition coefficient (Wildman–Crippen LogP) is 3.27. The van der Waals surface area contributed by atoms with Gasteiger partial charge in [-0.2, -0.15) is 0 Å². The van der Waals surface area contributed by atoms with Crippen molar-refractivity contribution in [3.63, 3.8) is 0 Å². The molecule has 2 aromatic carbocycles. The normalized spacial score (nSPS) is 10.0. The third-order valence-electron chi connectivity index (χ3n) is 2.86. The summed E-state index contributed by atoms with van der Waals surface area (Å²) in [6, 6.07) is 10.6. The Morgan fingerprint density at radius 1 is 1.26 bits per heavy atom. The molecule has 7 nitrogen and oxygen atoms in total. The van der Waals surface area contributed by atoms with E-state index in [2.05, 4.69) is 5.32 Å². The monoisotopic (exact) mass is 336 g/mol. The Kier molecular flexibility index (Phi) is 5.37. The van der Waals surface area contributed by atoms with E-state index in [0.29, 0.717) is 11.4 Å². The van der Waals surface area contributed by atoms with Crippen LogP contribution in [0.4, 0.5) is 11.4 Å². The summed E-state index contributed by atoms with van der Waals surface area (Å²) in [4.78, 5) is 21.9. The van der Waals surface area contributed by atoms with Crippen LogP contribution < -0.4 is 14.8 Å². The topological polar surface area (TPSA) is 90.7 Å². The Bertz CT molecular complexity index is 718. The minimum atomic E-state index is -0.563. The van der Waals surface area contributed by atoms with Gasteiger partial charge in [0.15, 0.2) is 6.61 Å². The van der Waals surface area contributed by atoms with Crippen LogP contribution in [0.5, 0.6) is 11.5 Å². The van der Waals surface area contributed by atoms with E-state index in [1.54, 1.807) is 31.4 Å². The molecule has 0 fully saturated rings. The quantitative estimate of drug-likeness (QED) is 0.645. The van der Waals surface area contributed by atoms with Crippen molar-refractivity contribution in [2.45, 2.75) is 0 Å². The first-order valence-corrected chi connectivity index (χ1v) is 6.88. The fourth-order valence-electron chi connectivity index (χ4n) is 1.74. The molecule has 0 aliphatic heterocycles. The van der Waals surface area contributed by atoms with E-state index in [4.69, 9.17) is 21.1 Å². The van der Waals surface area contributed by atoms with Crippen LogP contribution in [0, 0.1) is 10.1 Å². The third kappa shape index (κ3) is 4.58. The largest absolute Gasteiger partial charge is 0.497 e. The number of nitro groups is 1. The van der Waals surface area contributed by atoms with Crippen LogP contribution in [0.25, 0.3) is 0 Å². The maximum Gasteiger partial charge on any atom is 0.271 e. The van der Waals surface area contributed by atoms with Crippen molar-refractivity contribution in [3.05, 3.63) is 57.6 Å². The molecule has 1 amide bonds. The number of amides is 1. The fourth-order valence-corrected chi connectivity index (χ4v) is 1.96. The maximum atomic E-state index is 11.8. The Labute approximate surface area is 136 Å². The number of nitrogens with one attached hydrogen (secondary N) is 1. The van der Waals surface area contributed by atoms with Gasteiger partial charge < -0.3 is 14.8 Å². The maximum absolute atomic E-state index is 11.8. The summed E-state index contributed by atoms with van der Waals surface area (Å²) in [5.74, 6) is 0.489. The number of methoxy groups -OCH3 is 1. The lowest BCUT2D eigenvalue weighted by atomic mass is 10.3. The highest BCUT2D eigenvalue weighted by atomic mass is 35.5. The Morgan fingerprint density at radius 3 is 2.52 bits per heavy atom. The standard InChI is InChI=1S/C15H13ClN2O5/c1-22-12-5-2-10(3-6-12)17-15(19)9-23-14-7-4-11(18(20)21)8-13(14)16/h2-8H,9H2,1H3,(H,17,19). The average Bonchev–Trinajstić information content (AvgIpc) is 2.54. The number of benzene rings is 2. The van der Waals surface area contributed by atoms with E-state index in [9.17, 15) is 14.9 Å². The molecule has 0 heterocycles. The Hall–Kier alpha value is -2.80.